The SMILES string of the molecule is C=C[Si](OC)(OC)OC.CCO[Si](OCC)(OCC)OCC.COC1(OC)CCCC[Si]1(OC)OC.[SiH4]. The van der Waals surface area contributed by atoms with E-state index in [0.29, 0.717) is 26.4 Å². The molecule has 0 radical (unpaired) electrons. The van der Waals surface area contributed by atoms with E-state index < -0.39 is 31.8 Å². The zero-order valence-corrected chi connectivity index (χ0v) is 27.4. The lowest BCUT2D eigenvalue weighted by atomic mass is 10.2. The van der Waals surface area contributed by atoms with Gasteiger partial charge in [0.25, 0.3) is 0 Å². The van der Waals surface area contributed by atoms with Crippen LogP contribution < -0.4 is 0 Å². The van der Waals surface area contributed by atoms with E-state index in [1.165, 1.54) is 0 Å². The Labute approximate surface area is 233 Å². The summed E-state index contributed by atoms with van der Waals surface area (Å²) < 4.78 is 58.8. The molecule has 0 atom stereocenters. The Morgan fingerprint density at radius 2 is 1.08 bits per heavy atom. The van der Waals surface area contributed by atoms with Gasteiger partial charge in [-0.2, -0.15) is 0 Å². The number of hydrogen-bond acceptors (Lipinski definition) is 11. The van der Waals surface area contributed by atoms with E-state index in [1.807, 2.05) is 27.7 Å². The van der Waals surface area contributed by atoms with Crippen molar-refractivity contribution < 1.29 is 49.3 Å². The molecule has 1 saturated heterocycles. The monoisotopic (exact) mass is 608 g/mol. The number of rotatable bonds is 16. The molecule has 0 aromatic carbocycles. The first-order chi connectivity index (χ1) is 17.2. The summed E-state index contributed by atoms with van der Waals surface area (Å²) in [4.78, 5) is 0. The molecular formula is C22H56O11Si4. The Kier molecular flexibility index (Phi) is 25.8. The van der Waals surface area contributed by atoms with Gasteiger partial charge in [0.1, 0.15) is 0 Å². The lowest BCUT2D eigenvalue weighted by molar-refractivity contribution is -0.183. The topological polar surface area (TPSA) is 102 Å². The van der Waals surface area contributed by atoms with Gasteiger partial charge in [0.05, 0.1) is 0 Å². The average Bonchev–Trinajstić information content (AvgIpc) is 2.91. The van der Waals surface area contributed by atoms with Gasteiger partial charge in [-0.05, 0) is 56.8 Å². The molecule has 11 nitrogen and oxygen atoms in total. The lowest BCUT2D eigenvalue weighted by Crippen LogP contribution is -2.65. The highest BCUT2D eigenvalue weighted by atomic mass is 28.4. The predicted octanol–water partition coefficient (Wildman–Crippen LogP) is 2.14. The van der Waals surface area contributed by atoms with Crippen LogP contribution in [0, 0.1) is 0 Å². The summed E-state index contributed by atoms with van der Waals surface area (Å²) in [5.41, 5.74) is 0.946. The van der Waals surface area contributed by atoms with Crippen molar-refractivity contribution in [3.8, 4) is 0 Å². The fourth-order valence-electron chi connectivity index (χ4n) is 3.75. The second-order valence-corrected chi connectivity index (χ2v) is 15.8. The first-order valence-corrected chi connectivity index (χ1v) is 17.7. The first kappa shape index (κ1) is 41.6. The van der Waals surface area contributed by atoms with Gasteiger partial charge < -0.3 is 49.3 Å². The molecular weight excluding hydrogens is 553 g/mol. The van der Waals surface area contributed by atoms with Crippen LogP contribution in [0.5, 0.6) is 0 Å². The smallest absolute Gasteiger partial charge is 0.395 e. The Morgan fingerprint density at radius 1 is 0.703 bits per heavy atom. The van der Waals surface area contributed by atoms with E-state index in [9.17, 15) is 0 Å². The summed E-state index contributed by atoms with van der Waals surface area (Å²) in [6, 6.07) is 0.932. The molecule has 1 fully saturated rings. The van der Waals surface area contributed by atoms with E-state index in [-0.39, 0.29) is 11.0 Å². The van der Waals surface area contributed by atoms with E-state index in [2.05, 4.69) is 6.58 Å². The third kappa shape index (κ3) is 12.5. The van der Waals surface area contributed by atoms with Crippen LogP contribution in [0.25, 0.3) is 0 Å². The second kappa shape index (κ2) is 22.9. The molecule has 1 aliphatic heterocycles. The minimum atomic E-state index is -2.80. The maximum Gasteiger partial charge on any atom is 0.679 e. The molecule has 226 valence electrons. The molecule has 0 spiro atoms. The van der Waals surface area contributed by atoms with Crippen molar-refractivity contribution in [1.82, 2.24) is 0 Å². The van der Waals surface area contributed by atoms with Gasteiger partial charge in [-0.15, -0.1) is 0 Å². The van der Waals surface area contributed by atoms with Crippen LogP contribution in [0.15, 0.2) is 12.3 Å². The third-order valence-electron chi connectivity index (χ3n) is 5.55. The quantitative estimate of drug-likeness (QED) is 0.190. The zero-order valence-electron chi connectivity index (χ0n) is 24.4. The number of hydrogen-bond donors (Lipinski definition) is 0. The minimum Gasteiger partial charge on any atom is -0.395 e. The normalized spacial score (nSPS) is 16.4. The number of methoxy groups -OCH3 is 2. The molecule has 15 heteroatoms. The highest BCUT2D eigenvalue weighted by Gasteiger charge is 2.60. The van der Waals surface area contributed by atoms with Crippen LogP contribution in [0.2, 0.25) is 6.04 Å². The maximum atomic E-state index is 5.59. The van der Waals surface area contributed by atoms with E-state index in [0.717, 1.165) is 25.3 Å². The molecule has 0 unspecified atom stereocenters. The van der Waals surface area contributed by atoms with Crippen molar-refractivity contribution >= 4 is 37.4 Å². The van der Waals surface area contributed by atoms with Gasteiger partial charge in [0, 0.05) is 82.6 Å². The molecule has 37 heavy (non-hydrogen) atoms. The fraction of sp³-hybridized carbons (Fsp3) is 0.909. The second-order valence-electron chi connectivity index (χ2n) is 7.18. The third-order valence-corrected chi connectivity index (χ3v) is 14.5. The minimum absolute atomic E-state index is 0. The van der Waals surface area contributed by atoms with Crippen LogP contribution in [-0.2, 0) is 49.3 Å². The van der Waals surface area contributed by atoms with Gasteiger partial charge >= 0.3 is 26.4 Å². The summed E-state index contributed by atoms with van der Waals surface area (Å²) >= 11 is 0. The fourth-order valence-corrected chi connectivity index (χ4v) is 10.1. The van der Waals surface area contributed by atoms with Crippen molar-refractivity contribution in [2.24, 2.45) is 0 Å². The average molecular weight is 609 g/mol. The lowest BCUT2D eigenvalue weighted by Gasteiger charge is -2.46. The standard InChI is InChI=1S/C9H20O4Si.C8H20O4Si.C5H12O3Si.H4Si/c1-10-9(11-2)7-5-6-8-14(9,12-3)13-4;1-5-9-13(10-6-2,11-7-3)12-8-4;1-5-9(6-2,7-3)8-4;/h5-8H2,1-4H3;5-8H2,1-4H3;5H,1H2,2-4H3;1H4. The largest absolute Gasteiger partial charge is 0.679 e. The summed E-state index contributed by atoms with van der Waals surface area (Å²) in [6.45, 7) is 13.3. The molecule has 1 aliphatic rings. The van der Waals surface area contributed by atoms with E-state index in [4.69, 9.17) is 49.3 Å². The molecule has 0 aromatic rings. The van der Waals surface area contributed by atoms with Crippen molar-refractivity contribution in [1.29, 1.82) is 0 Å². The molecule has 0 bridgehead atoms. The van der Waals surface area contributed by atoms with Crippen LogP contribution in [0.4, 0.5) is 0 Å². The first-order valence-electron chi connectivity index (χ1n) is 12.2. The molecule has 0 aliphatic carbocycles. The zero-order chi connectivity index (χ0) is 28.1. The van der Waals surface area contributed by atoms with Crippen molar-refractivity contribution in [2.45, 2.75) is 58.4 Å². The highest BCUT2D eigenvalue weighted by molar-refractivity contribution is 6.70. The summed E-state index contributed by atoms with van der Waals surface area (Å²) in [5, 5.41) is 0. The van der Waals surface area contributed by atoms with Gasteiger partial charge in [0.2, 0.25) is 5.41 Å². The summed E-state index contributed by atoms with van der Waals surface area (Å²) in [6.07, 6.45) is 3.08. The maximum absolute atomic E-state index is 5.59. The van der Waals surface area contributed by atoms with Crippen LogP contribution in [0.1, 0.15) is 47.0 Å². The Morgan fingerprint density at radius 3 is 1.27 bits per heavy atom. The van der Waals surface area contributed by atoms with Gasteiger partial charge in [-0.1, -0.05) is 13.0 Å². The van der Waals surface area contributed by atoms with Gasteiger partial charge in [-0.25, -0.2) is 0 Å². The highest BCUT2D eigenvalue weighted by Crippen LogP contribution is 2.40. The van der Waals surface area contributed by atoms with Crippen LogP contribution in [0.3, 0.4) is 0 Å². The predicted molar refractivity (Wildman–Crippen MR) is 156 cm³/mol. The Balaban J connectivity index is -0.000000474. The van der Waals surface area contributed by atoms with E-state index >= 15 is 0 Å². The van der Waals surface area contributed by atoms with Crippen molar-refractivity contribution in [2.75, 3.05) is 76.2 Å². The molecule has 1 heterocycles. The Hall–Kier alpha value is 0.168. The van der Waals surface area contributed by atoms with Crippen molar-refractivity contribution in [3.05, 3.63) is 12.3 Å². The molecule has 0 aromatic heterocycles. The van der Waals surface area contributed by atoms with Gasteiger partial charge in [-0.3, -0.25) is 0 Å². The molecule has 1 rings (SSSR count). The van der Waals surface area contributed by atoms with Crippen LogP contribution in [-0.4, -0.2) is 119 Å². The summed E-state index contributed by atoms with van der Waals surface area (Å²) in [5.74, 6) is 0. The number of ether oxygens (including phenoxy) is 2. The van der Waals surface area contributed by atoms with E-state index in [1.54, 1.807) is 55.5 Å². The van der Waals surface area contributed by atoms with Gasteiger partial charge in [0.15, 0.2) is 0 Å². The summed E-state index contributed by atoms with van der Waals surface area (Å²) in [7, 11) is 3.75. The Bertz CT molecular complexity index is 477. The molecule has 0 amide bonds. The van der Waals surface area contributed by atoms with Crippen molar-refractivity contribution in [3.63, 3.8) is 0 Å². The molecule has 0 N–H and O–H groups in total. The molecule has 0 saturated carbocycles. The van der Waals surface area contributed by atoms with Crippen LogP contribution >= 0.6 is 0 Å².